The molecule has 1 atom stereocenters. The molecule has 1 aromatic rings. The lowest BCUT2D eigenvalue weighted by molar-refractivity contribution is 0.244. The maximum atomic E-state index is 13.1. The van der Waals surface area contributed by atoms with E-state index in [1.54, 1.807) is 0 Å². The zero-order chi connectivity index (χ0) is 11.4. The van der Waals surface area contributed by atoms with Crippen molar-refractivity contribution in [1.29, 1.82) is 0 Å². The average Bonchev–Trinajstić information content (AvgIpc) is 2.21. The monoisotopic (exact) mass is 232 g/mol. The fourth-order valence-electron chi connectivity index (χ4n) is 1.06. The van der Waals surface area contributed by atoms with Gasteiger partial charge in [-0.15, -0.1) is 0 Å². The van der Waals surface area contributed by atoms with E-state index in [-0.39, 0.29) is 17.5 Å². The van der Waals surface area contributed by atoms with E-state index in [1.807, 2.05) is 6.92 Å². The summed E-state index contributed by atoms with van der Waals surface area (Å²) in [6, 6.07) is 2.62. The Labute approximate surface area is 93.0 Å². The van der Waals surface area contributed by atoms with Gasteiger partial charge in [0, 0.05) is 19.2 Å². The Morgan fingerprint density at radius 1 is 1.60 bits per heavy atom. The molecule has 0 aliphatic rings. The highest BCUT2D eigenvalue weighted by Crippen LogP contribution is 2.26. The number of benzene rings is 1. The predicted octanol–water partition coefficient (Wildman–Crippen LogP) is 2.10. The maximum Gasteiger partial charge on any atom is 0.143 e. The number of nitrogens with one attached hydrogen (secondary N) is 1. The molecule has 0 spiro atoms. The molecule has 0 saturated heterocycles. The van der Waals surface area contributed by atoms with E-state index in [2.05, 4.69) is 5.32 Å². The molecule has 1 unspecified atom stereocenters. The van der Waals surface area contributed by atoms with Crippen LogP contribution >= 0.6 is 11.6 Å². The number of halogens is 2. The molecule has 0 aliphatic heterocycles. The van der Waals surface area contributed by atoms with Crippen LogP contribution in [0.3, 0.4) is 0 Å². The molecule has 0 aliphatic carbocycles. The molecule has 0 heterocycles. The van der Waals surface area contributed by atoms with Gasteiger partial charge >= 0.3 is 0 Å². The van der Waals surface area contributed by atoms with Crippen LogP contribution in [0, 0.1) is 11.7 Å². The number of nitrogen functional groups attached to an aromatic ring is 1. The summed E-state index contributed by atoms with van der Waals surface area (Å²) < 4.78 is 13.1. The van der Waals surface area contributed by atoms with Crippen LogP contribution in [-0.4, -0.2) is 18.3 Å². The Morgan fingerprint density at radius 2 is 2.27 bits per heavy atom. The number of hydrogen-bond donors (Lipinski definition) is 3. The van der Waals surface area contributed by atoms with E-state index >= 15 is 0 Å². The minimum atomic E-state index is -0.509. The quantitative estimate of drug-likeness (QED) is 0.697. The van der Waals surface area contributed by atoms with Gasteiger partial charge in [0.2, 0.25) is 0 Å². The fraction of sp³-hybridized carbons (Fsp3) is 0.400. The second-order valence-corrected chi connectivity index (χ2v) is 3.93. The lowest BCUT2D eigenvalue weighted by Gasteiger charge is -2.13. The highest BCUT2D eigenvalue weighted by molar-refractivity contribution is 6.31. The zero-order valence-corrected chi connectivity index (χ0v) is 9.18. The van der Waals surface area contributed by atoms with Gasteiger partial charge in [0.25, 0.3) is 0 Å². The third kappa shape index (κ3) is 3.25. The Morgan fingerprint density at radius 3 is 2.87 bits per heavy atom. The van der Waals surface area contributed by atoms with Gasteiger partial charge in [-0.05, 0) is 12.0 Å². The molecule has 5 heteroatoms. The Balaban J connectivity index is 2.73. The van der Waals surface area contributed by atoms with Gasteiger partial charge in [-0.2, -0.15) is 0 Å². The minimum absolute atomic E-state index is 0.00765. The Hall–Kier alpha value is -1.00. The van der Waals surface area contributed by atoms with Gasteiger partial charge < -0.3 is 16.2 Å². The van der Waals surface area contributed by atoms with Crippen molar-refractivity contribution < 1.29 is 9.50 Å². The van der Waals surface area contributed by atoms with Gasteiger partial charge in [-0.1, -0.05) is 18.5 Å². The lowest BCUT2D eigenvalue weighted by atomic mass is 10.2. The van der Waals surface area contributed by atoms with Crippen molar-refractivity contribution in [3.63, 3.8) is 0 Å². The third-order valence-electron chi connectivity index (χ3n) is 2.05. The smallest absolute Gasteiger partial charge is 0.143 e. The predicted molar refractivity (Wildman–Crippen MR) is 60.6 cm³/mol. The summed E-state index contributed by atoms with van der Waals surface area (Å²) in [5.41, 5.74) is 6.53. The summed E-state index contributed by atoms with van der Waals surface area (Å²) in [4.78, 5) is 0. The fourth-order valence-corrected chi connectivity index (χ4v) is 1.24. The zero-order valence-electron chi connectivity index (χ0n) is 8.43. The summed E-state index contributed by atoms with van der Waals surface area (Å²) in [7, 11) is 0. The van der Waals surface area contributed by atoms with Crippen molar-refractivity contribution in [3.05, 3.63) is 23.0 Å². The van der Waals surface area contributed by atoms with Crippen LogP contribution in [0.15, 0.2) is 12.1 Å². The molecule has 1 aromatic carbocycles. The van der Waals surface area contributed by atoms with Crippen LogP contribution in [0.4, 0.5) is 15.8 Å². The van der Waals surface area contributed by atoms with Gasteiger partial charge in [-0.25, -0.2) is 4.39 Å². The first-order valence-electron chi connectivity index (χ1n) is 4.63. The molecular formula is C10H14ClFN2O. The van der Waals surface area contributed by atoms with Crippen LogP contribution in [0.25, 0.3) is 0 Å². The van der Waals surface area contributed by atoms with Gasteiger partial charge in [0.15, 0.2) is 0 Å². The molecule has 0 radical (unpaired) electrons. The van der Waals surface area contributed by atoms with E-state index in [0.29, 0.717) is 17.9 Å². The summed E-state index contributed by atoms with van der Waals surface area (Å²) in [6.45, 7) is 2.47. The summed E-state index contributed by atoms with van der Waals surface area (Å²) >= 11 is 5.55. The summed E-state index contributed by atoms with van der Waals surface area (Å²) in [5, 5.41) is 11.8. The molecular weight excluding hydrogens is 219 g/mol. The number of aliphatic hydroxyl groups is 1. The SMILES string of the molecule is CC(CO)CNc1cc(F)c(Cl)cc1N. The first kappa shape index (κ1) is 12.1. The van der Waals surface area contributed by atoms with Crippen molar-refractivity contribution in [2.75, 3.05) is 24.2 Å². The third-order valence-corrected chi connectivity index (χ3v) is 2.33. The van der Waals surface area contributed by atoms with E-state index in [0.717, 1.165) is 0 Å². The second kappa shape index (κ2) is 5.19. The number of rotatable bonds is 4. The van der Waals surface area contributed by atoms with E-state index in [4.69, 9.17) is 22.4 Å². The van der Waals surface area contributed by atoms with Crippen LogP contribution < -0.4 is 11.1 Å². The number of hydrogen-bond acceptors (Lipinski definition) is 3. The molecule has 3 nitrogen and oxygen atoms in total. The van der Waals surface area contributed by atoms with Crippen LogP contribution in [0.2, 0.25) is 5.02 Å². The minimum Gasteiger partial charge on any atom is -0.397 e. The molecule has 84 valence electrons. The Kier molecular flexibility index (Phi) is 4.17. The molecule has 0 fully saturated rings. The normalized spacial score (nSPS) is 12.5. The van der Waals surface area contributed by atoms with Crippen LogP contribution in [0.5, 0.6) is 0 Å². The van der Waals surface area contributed by atoms with Gasteiger partial charge in [0.05, 0.1) is 16.4 Å². The average molecular weight is 233 g/mol. The van der Waals surface area contributed by atoms with Gasteiger partial charge in [0.1, 0.15) is 5.82 Å². The highest BCUT2D eigenvalue weighted by Gasteiger charge is 2.07. The lowest BCUT2D eigenvalue weighted by Crippen LogP contribution is -2.15. The first-order chi connectivity index (χ1) is 7.04. The molecule has 1 rings (SSSR count). The van der Waals surface area contributed by atoms with Crippen molar-refractivity contribution in [1.82, 2.24) is 0 Å². The van der Waals surface area contributed by atoms with Crippen molar-refractivity contribution in [3.8, 4) is 0 Å². The van der Waals surface area contributed by atoms with E-state index in [1.165, 1.54) is 12.1 Å². The molecule has 4 N–H and O–H groups in total. The summed E-state index contributed by atoms with van der Waals surface area (Å²) in [5.74, 6) is -0.423. The van der Waals surface area contributed by atoms with Crippen molar-refractivity contribution in [2.45, 2.75) is 6.92 Å². The Bertz CT molecular complexity index is 346. The number of nitrogens with two attached hydrogens (primary N) is 1. The molecule has 15 heavy (non-hydrogen) atoms. The molecule has 0 aromatic heterocycles. The second-order valence-electron chi connectivity index (χ2n) is 3.52. The van der Waals surface area contributed by atoms with E-state index in [9.17, 15) is 4.39 Å². The summed E-state index contributed by atoms with van der Waals surface area (Å²) in [6.07, 6.45) is 0. The number of anilines is 2. The topological polar surface area (TPSA) is 58.3 Å². The molecule has 0 bridgehead atoms. The van der Waals surface area contributed by atoms with Crippen LogP contribution in [0.1, 0.15) is 6.92 Å². The number of aliphatic hydroxyl groups excluding tert-OH is 1. The van der Waals surface area contributed by atoms with Crippen molar-refractivity contribution >= 4 is 23.0 Å². The highest BCUT2D eigenvalue weighted by atomic mass is 35.5. The maximum absolute atomic E-state index is 13.1. The van der Waals surface area contributed by atoms with Gasteiger partial charge in [-0.3, -0.25) is 0 Å². The van der Waals surface area contributed by atoms with Crippen molar-refractivity contribution in [2.24, 2.45) is 5.92 Å². The molecule has 0 amide bonds. The molecule has 0 saturated carbocycles. The van der Waals surface area contributed by atoms with E-state index < -0.39 is 5.82 Å². The standard InChI is InChI=1S/C10H14ClFN2O/c1-6(5-15)4-14-10-3-8(12)7(11)2-9(10)13/h2-3,6,14-15H,4-5,13H2,1H3. The van der Waals surface area contributed by atoms with Crippen LogP contribution in [-0.2, 0) is 0 Å². The largest absolute Gasteiger partial charge is 0.397 e. The first-order valence-corrected chi connectivity index (χ1v) is 5.01.